The lowest BCUT2D eigenvalue weighted by Crippen LogP contribution is -2.62. The number of aliphatic hydroxyl groups excluding tert-OH is 1. The number of likely N-dealkylation sites (N-methyl/N-ethyl adjacent to an activating group) is 1. The minimum Gasteiger partial charge on any atom is -0.481 e. The Bertz CT molecular complexity index is 2240. The van der Waals surface area contributed by atoms with Crippen LogP contribution < -0.4 is 4.90 Å². The Hall–Kier alpha value is -2.81. The zero-order valence-electron chi connectivity index (χ0n) is 41.2. The normalized spacial score (nSPS) is 41.6. The van der Waals surface area contributed by atoms with E-state index in [0.29, 0.717) is 50.7 Å². The topological polar surface area (TPSA) is 163 Å². The van der Waals surface area contributed by atoms with Gasteiger partial charge in [-0.2, -0.15) is 0 Å². The number of carboxylic acid groups (broad SMARTS) is 1. The summed E-state index contributed by atoms with van der Waals surface area (Å²) < 4.78 is 31.5. The molecule has 6 fully saturated rings. The molecule has 0 radical (unpaired) electrons. The highest BCUT2D eigenvalue weighted by atomic mass is 31.2. The molecule has 0 heterocycles. The van der Waals surface area contributed by atoms with Crippen LogP contribution in [0.3, 0.4) is 0 Å². The van der Waals surface area contributed by atoms with Crippen LogP contribution in [0.5, 0.6) is 0 Å². The third kappa shape index (κ3) is 8.46. The summed E-state index contributed by atoms with van der Waals surface area (Å²) in [6, 6.07) is 9.13. The van der Waals surface area contributed by atoms with Crippen LogP contribution in [0.2, 0.25) is 0 Å². The van der Waals surface area contributed by atoms with Crippen LogP contribution in [0.4, 0.5) is 5.69 Å². The molecule has 8 aliphatic rings. The molecule has 16 atom stereocenters. The number of ether oxygens (including phenoxy) is 2. The molecule has 0 spiro atoms. The van der Waals surface area contributed by atoms with Crippen molar-refractivity contribution >= 4 is 25.3 Å². The summed E-state index contributed by atoms with van der Waals surface area (Å²) in [7, 11) is -0.843. The second kappa shape index (κ2) is 18.4. The number of carbonyl (C=O) groups excluding carboxylic acids is 1. The summed E-state index contributed by atoms with van der Waals surface area (Å²) in [4.78, 5) is 46.8. The molecular weight excluding hydrogens is 866 g/mol. The van der Waals surface area contributed by atoms with Crippen molar-refractivity contribution in [2.24, 2.45) is 63.6 Å². The zero-order chi connectivity index (χ0) is 47.8. The molecule has 0 aliphatic heterocycles. The van der Waals surface area contributed by atoms with E-state index in [-0.39, 0.29) is 70.6 Å². The third-order valence-electron chi connectivity index (χ3n) is 20.6. The molecule has 0 aromatic heterocycles. The summed E-state index contributed by atoms with van der Waals surface area (Å²) in [5.41, 5.74) is 5.54. The van der Waals surface area contributed by atoms with E-state index in [1.165, 1.54) is 16.7 Å². The molecule has 11 nitrogen and oxygen atoms in total. The highest BCUT2D eigenvalue weighted by Crippen LogP contribution is 2.71. The number of fused-ring (bicyclic) bond motifs is 9. The molecule has 9 rings (SSSR count). The van der Waals surface area contributed by atoms with E-state index in [0.717, 1.165) is 76.3 Å². The minimum atomic E-state index is -4.80. The largest absolute Gasteiger partial charge is 0.481 e. The standard InChI is InChI=1S/C55H78NO10P/c1-8-23-55(64-7)25-22-44-41-16-12-35-28-38(57)15-17-40(35)50(41)42(32-53(44,55)4)34-10-13-37(14-11-34)56(6)26-27-65-39-21-24-52(3)36(29-39)30-47(66-67(61,62)63)51-45-19-18-43(33(2)9-20-49(59)60)54(45,5)48(58)31-46(51)52/h10-11,13-14,28,33,36,39,41-48,51,58H,9,12,15-22,24-27,29-32H2,1-7H3,(H,59,60)(H2,61,62,63)/t33-,36+,39+,41?,42-,43-,44?,45+,46+,47-,48+,51+,52+,53+,54-,55+/m1/s1. The van der Waals surface area contributed by atoms with E-state index in [2.05, 4.69) is 75.7 Å². The number of rotatable bonds is 13. The van der Waals surface area contributed by atoms with Gasteiger partial charge < -0.3 is 34.4 Å². The van der Waals surface area contributed by atoms with Crippen molar-refractivity contribution in [3.8, 4) is 11.8 Å². The molecular formula is C55H78NO10P. The van der Waals surface area contributed by atoms with Gasteiger partial charge in [0, 0.05) is 50.6 Å². The number of carbonyl (C=O) groups is 2. The van der Waals surface area contributed by atoms with Crippen LogP contribution in [0.25, 0.3) is 0 Å². The molecule has 0 amide bonds. The number of hydrogen-bond donors (Lipinski definition) is 4. The first-order valence-electron chi connectivity index (χ1n) is 25.8. The van der Waals surface area contributed by atoms with Gasteiger partial charge in [0.05, 0.1) is 24.9 Å². The van der Waals surface area contributed by atoms with Crippen molar-refractivity contribution in [2.45, 2.75) is 167 Å². The van der Waals surface area contributed by atoms with Gasteiger partial charge in [-0.15, -0.1) is 5.92 Å². The number of aliphatic hydroxyl groups is 1. The first kappa shape index (κ1) is 49.2. The second-order valence-electron chi connectivity index (χ2n) is 23.3. The Labute approximate surface area is 399 Å². The number of phosphoric acid groups is 1. The van der Waals surface area contributed by atoms with Crippen LogP contribution in [0, 0.1) is 75.4 Å². The smallest absolute Gasteiger partial charge is 0.469 e. The molecule has 12 heteroatoms. The van der Waals surface area contributed by atoms with Gasteiger partial charge in [-0.05, 0) is 190 Å². The van der Waals surface area contributed by atoms with Crippen molar-refractivity contribution in [3.63, 3.8) is 0 Å². The van der Waals surface area contributed by atoms with Crippen LogP contribution >= 0.6 is 7.82 Å². The number of methoxy groups -OCH3 is 1. The number of aliphatic carboxylic acids is 1. The average Bonchev–Trinajstić information content (AvgIpc) is 3.79. The van der Waals surface area contributed by atoms with Crippen molar-refractivity contribution < 1.29 is 48.2 Å². The maximum absolute atomic E-state index is 12.6. The molecule has 368 valence electrons. The zero-order valence-corrected chi connectivity index (χ0v) is 42.1. The number of ketones is 1. The van der Waals surface area contributed by atoms with Crippen molar-refractivity contribution in [1.82, 2.24) is 0 Å². The van der Waals surface area contributed by atoms with E-state index < -0.39 is 37.0 Å². The Morgan fingerprint density at radius 1 is 0.970 bits per heavy atom. The molecule has 0 saturated heterocycles. The minimum absolute atomic E-state index is 0.0153. The fraction of sp³-hybridized carbons (Fsp3) is 0.745. The highest BCUT2D eigenvalue weighted by Gasteiger charge is 2.67. The van der Waals surface area contributed by atoms with Gasteiger partial charge in [0.15, 0.2) is 5.78 Å². The molecule has 4 N–H and O–H groups in total. The van der Waals surface area contributed by atoms with Gasteiger partial charge >= 0.3 is 13.8 Å². The number of hydrogen-bond acceptors (Lipinski definition) is 8. The number of nitrogens with zero attached hydrogens (tertiary/aromatic N) is 1. The number of allylic oxidation sites excluding steroid dienone is 4. The summed E-state index contributed by atoms with van der Waals surface area (Å²) in [6.07, 6.45) is 13.3. The van der Waals surface area contributed by atoms with E-state index in [9.17, 15) is 34.2 Å². The van der Waals surface area contributed by atoms with Gasteiger partial charge in [-0.3, -0.25) is 14.1 Å². The fourth-order valence-corrected chi connectivity index (χ4v) is 17.8. The van der Waals surface area contributed by atoms with Crippen molar-refractivity contribution in [1.29, 1.82) is 0 Å². The molecule has 8 aliphatic carbocycles. The van der Waals surface area contributed by atoms with Gasteiger partial charge in [0.25, 0.3) is 0 Å². The van der Waals surface area contributed by atoms with Crippen LogP contribution in [-0.2, 0) is 28.2 Å². The summed E-state index contributed by atoms with van der Waals surface area (Å²) in [5, 5.41) is 21.5. The van der Waals surface area contributed by atoms with Crippen molar-refractivity contribution in [3.05, 3.63) is 52.6 Å². The first-order chi connectivity index (χ1) is 31.8. The molecule has 0 bridgehead atoms. The summed E-state index contributed by atoms with van der Waals surface area (Å²) >= 11 is 0. The fourth-order valence-electron chi connectivity index (χ4n) is 17.3. The number of benzene rings is 1. The van der Waals surface area contributed by atoms with Crippen LogP contribution in [0.15, 0.2) is 47.1 Å². The molecule has 67 heavy (non-hydrogen) atoms. The third-order valence-corrected chi connectivity index (χ3v) is 21.2. The quantitative estimate of drug-likeness (QED) is 0.110. The van der Waals surface area contributed by atoms with Gasteiger partial charge in [0.1, 0.15) is 5.60 Å². The Balaban J connectivity index is 0.875. The average molecular weight is 944 g/mol. The monoisotopic (exact) mass is 944 g/mol. The second-order valence-corrected chi connectivity index (χ2v) is 24.5. The van der Waals surface area contributed by atoms with Crippen LogP contribution in [-0.4, -0.2) is 83.0 Å². The number of anilines is 1. The first-order valence-corrected chi connectivity index (χ1v) is 27.3. The lowest BCUT2D eigenvalue weighted by Gasteiger charge is -2.64. The maximum atomic E-state index is 12.6. The van der Waals surface area contributed by atoms with Crippen LogP contribution in [0.1, 0.15) is 149 Å². The maximum Gasteiger partial charge on any atom is 0.469 e. The van der Waals surface area contributed by atoms with Gasteiger partial charge in [-0.25, -0.2) is 4.57 Å². The van der Waals surface area contributed by atoms with E-state index in [4.69, 9.17) is 14.0 Å². The van der Waals surface area contributed by atoms with E-state index in [1.54, 1.807) is 5.57 Å². The predicted molar refractivity (Wildman–Crippen MR) is 258 cm³/mol. The Morgan fingerprint density at radius 3 is 2.43 bits per heavy atom. The van der Waals surface area contributed by atoms with Gasteiger partial charge in [0.2, 0.25) is 0 Å². The van der Waals surface area contributed by atoms with E-state index in [1.807, 2.05) is 20.1 Å². The Morgan fingerprint density at radius 2 is 1.73 bits per heavy atom. The number of phosphoric ester groups is 1. The molecule has 2 unspecified atom stereocenters. The van der Waals surface area contributed by atoms with E-state index >= 15 is 0 Å². The molecule has 1 aromatic carbocycles. The molecule has 6 saturated carbocycles. The SMILES string of the molecule is CC#C[C@]1(OC)CCC2C3CCC4=CC(=O)CCC4=C3[C@@H](c3ccc(N(C)CCO[C@H]4CC[C@@]5(C)[C@@H](C4)C[C@@H](OP(=O)(O)O)[C@@H]4[C@@H]5C[C@H](O)[C@]5(C)[C@@H]([C@H](C)CCC(=O)O)CC[C@@H]45)cc3)C[C@@]21C. The lowest BCUT2D eigenvalue weighted by atomic mass is 9.43. The molecule has 1 aromatic rings. The lowest BCUT2D eigenvalue weighted by molar-refractivity contribution is -0.206. The summed E-state index contributed by atoms with van der Waals surface area (Å²) in [6.45, 7) is 12.2. The van der Waals surface area contributed by atoms with Gasteiger partial charge in [-0.1, -0.05) is 51.3 Å². The Kier molecular flexibility index (Phi) is 13.5. The predicted octanol–water partition coefficient (Wildman–Crippen LogP) is 10.0. The summed E-state index contributed by atoms with van der Waals surface area (Å²) in [5.74, 6) is 7.79. The number of carboxylic acids is 1. The van der Waals surface area contributed by atoms with Crippen molar-refractivity contribution in [2.75, 3.05) is 32.2 Å². The highest BCUT2D eigenvalue weighted by molar-refractivity contribution is 7.46.